The Bertz CT molecular complexity index is 497. The van der Waals surface area contributed by atoms with Crippen LogP contribution in [0, 0.1) is 0 Å². The van der Waals surface area contributed by atoms with Gasteiger partial charge >= 0.3 is 0 Å². The molecule has 0 radical (unpaired) electrons. The van der Waals surface area contributed by atoms with Crippen LogP contribution in [0.1, 0.15) is 12.8 Å². The summed E-state index contributed by atoms with van der Waals surface area (Å²) in [5, 5.41) is 11.4. The number of rotatable bonds is 5. The van der Waals surface area contributed by atoms with Gasteiger partial charge in [0.1, 0.15) is 11.5 Å². The Morgan fingerprint density at radius 2 is 1.76 bits per heavy atom. The van der Waals surface area contributed by atoms with E-state index in [1.807, 2.05) is 24.3 Å². The van der Waals surface area contributed by atoms with Gasteiger partial charge in [0.2, 0.25) is 0 Å². The molecular formula is C14H15ClO2. The van der Waals surface area contributed by atoms with Crippen molar-refractivity contribution >= 4 is 22.4 Å². The molecule has 0 atom stereocenters. The van der Waals surface area contributed by atoms with Gasteiger partial charge in [-0.25, -0.2) is 0 Å². The summed E-state index contributed by atoms with van der Waals surface area (Å²) in [6.45, 7) is 0.691. The van der Waals surface area contributed by atoms with Crippen LogP contribution in [0.3, 0.4) is 0 Å². The molecular weight excluding hydrogens is 236 g/mol. The Morgan fingerprint density at radius 1 is 1.00 bits per heavy atom. The molecule has 0 bridgehead atoms. The highest BCUT2D eigenvalue weighted by molar-refractivity contribution is 6.17. The van der Waals surface area contributed by atoms with Gasteiger partial charge in [0, 0.05) is 5.88 Å². The van der Waals surface area contributed by atoms with Gasteiger partial charge in [-0.3, -0.25) is 0 Å². The predicted octanol–water partition coefficient (Wildman–Crippen LogP) is 3.94. The number of benzene rings is 2. The quantitative estimate of drug-likeness (QED) is 0.643. The topological polar surface area (TPSA) is 29.5 Å². The summed E-state index contributed by atoms with van der Waals surface area (Å²) in [6, 6.07) is 11.2. The van der Waals surface area contributed by atoms with Crippen molar-refractivity contribution in [3.63, 3.8) is 0 Å². The molecule has 17 heavy (non-hydrogen) atoms. The van der Waals surface area contributed by atoms with Gasteiger partial charge in [-0.1, -0.05) is 12.1 Å². The molecule has 2 aromatic carbocycles. The van der Waals surface area contributed by atoms with Gasteiger partial charge in [-0.2, -0.15) is 0 Å². The molecule has 0 aliphatic carbocycles. The molecule has 0 fully saturated rings. The minimum absolute atomic E-state index is 0.285. The third kappa shape index (κ3) is 3.27. The van der Waals surface area contributed by atoms with E-state index in [1.165, 1.54) is 0 Å². The van der Waals surface area contributed by atoms with Gasteiger partial charge < -0.3 is 9.84 Å². The lowest BCUT2D eigenvalue weighted by Gasteiger charge is -2.07. The van der Waals surface area contributed by atoms with Crippen molar-refractivity contribution in [2.75, 3.05) is 12.5 Å². The number of fused-ring (bicyclic) bond motifs is 1. The first-order valence-corrected chi connectivity index (χ1v) is 6.24. The maximum absolute atomic E-state index is 9.36. The van der Waals surface area contributed by atoms with Crippen LogP contribution in [0.4, 0.5) is 0 Å². The highest BCUT2D eigenvalue weighted by Crippen LogP contribution is 2.24. The van der Waals surface area contributed by atoms with Crippen LogP contribution in [0.2, 0.25) is 0 Å². The lowest BCUT2D eigenvalue weighted by atomic mass is 10.1. The van der Waals surface area contributed by atoms with Crippen LogP contribution in [0.15, 0.2) is 36.4 Å². The van der Waals surface area contributed by atoms with Gasteiger partial charge in [0.15, 0.2) is 0 Å². The third-order valence-electron chi connectivity index (χ3n) is 2.59. The number of unbranched alkanes of at least 4 members (excludes halogenated alkanes) is 1. The number of alkyl halides is 1. The lowest BCUT2D eigenvalue weighted by molar-refractivity contribution is 0.310. The zero-order valence-corrected chi connectivity index (χ0v) is 10.3. The van der Waals surface area contributed by atoms with Crippen LogP contribution in [0.25, 0.3) is 10.8 Å². The van der Waals surface area contributed by atoms with E-state index in [2.05, 4.69) is 0 Å². The van der Waals surface area contributed by atoms with Crippen molar-refractivity contribution < 1.29 is 9.84 Å². The molecule has 0 heterocycles. The van der Waals surface area contributed by atoms with E-state index in [1.54, 1.807) is 12.1 Å². The fourth-order valence-electron chi connectivity index (χ4n) is 1.69. The second kappa shape index (κ2) is 5.78. The molecule has 2 rings (SSSR count). The maximum Gasteiger partial charge on any atom is 0.119 e. The number of halogens is 1. The number of phenols is 1. The van der Waals surface area contributed by atoms with Gasteiger partial charge in [0.25, 0.3) is 0 Å². The molecule has 0 aliphatic rings. The number of hydrogen-bond acceptors (Lipinski definition) is 2. The summed E-state index contributed by atoms with van der Waals surface area (Å²) in [6.07, 6.45) is 1.94. The molecule has 0 saturated heterocycles. The Hall–Kier alpha value is -1.41. The van der Waals surface area contributed by atoms with Crippen LogP contribution >= 0.6 is 11.6 Å². The van der Waals surface area contributed by atoms with Crippen LogP contribution in [0.5, 0.6) is 11.5 Å². The first-order valence-electron chi connectivity index (χ1n) is 5.71. The molecule has 0 unspecified atom stereocenters. The molecule has 2 nitrogen and oxygen atoms in total. The van der Waals surface area contributed by atoms with Crippen molar-refractivity contribution in [2.45, 2.75) is 12.8 Å². The van der Waals surface area contributed by atoms with Gasteiger partial charge in [-0.15, -0.1) is 11.6 Å². The molecule has 0 aromatic heterocycles. The molecule has 0 spiro atoms. The number of phenolic OH excluding ortho intramolecular Hbond substituents is 1. The first kappa shape index (κ1) is 12.1. The van der Waals surface area contributed by atoms with Crippen LogP contribution in [-0.4, -0.2) is 17.6 Å². The fraction of sp³-hybridized carbons (Fsp3) is 0.286. The average Bonchev–Trinajstić information content (AvgIpc) is 2.35. The maximum atomic E-state index is 9.36. The molecule has 0 amide bonds. The smallest absolute Gasteiger partial charge is 0.119 e. The second-order valence-corrected chi connectivity index (χ2v) is 4.32. The van der Waals surface area contributed by atoms with E-state index in [0.29, 0.717) is 12.5 Å². The zero-order chi connectivity index (χ0) is 12.1. The summed E-state index contributed by atoms with van der Waals surface area (Å²) >= 11 is 5.60. The monoisotopic (exact) mass is 250 g/mol. The van der Waals surface area contributed by atoms with E-state index >= 15 is 0 Å². The standard InChI is InChI=1S/C14H15ClO2/c15-7-1-2-8-17-14-6-4-11-9-13(16)5-3-12(11)10-14/h3-6,9-10,16H,1-2,7-8H2. The molecule has 2 aromatic rings. The van der Waals surface area contributed by atoms with Crippen LogP contribution in [-0.2, 0) is 0 Å². The van der Waals surface area contributed by atoms with Crippen molar-refractivity contribution in [2.24, 2.45) is 0 Å². The molecule has 0 saturated carbocycles. The normalized spacial score (nSPS) is 10.6. The predicted molar refractivity (Wildman–Crippen MR) is 71.1 cm³/mol. The summed E-state index contributed by atoms with van der Waals surface area (Å²) in [5.41, 5.74) is 0. The molecule has 1 N–H and O–H groups in total. The van der Waals surface area contributed by atoms with Crippen LogP contribution < -0.4 is 4.74 Å². The summed E-state index contributed by atoms with van der Waals surface area (Å²) in [5.74, 6) is 1.83. The van der Waals surface area contributed by atoms with E-state index in [4.69, 9.17) is 16.3 Å². The Labute approximate surface area is 106 Å². The zero-order valence-electron chi connectivity index (χ0n) is 9.53. The SMILES string of the molecule is Oc1ccc2cc(OCCCCCl)ccc2c1. The number of aromatic hydroxyl groups is 1. The minimum atomic E-state index is 0.285. The molecule has 0 aliphatic heterocycles. The van der Waals surface area contributed by atoms with Gasteiger partial charge in [0.05, 0.1) is 6.61 Å². The van der Waals surface area contributed by atoms with Crippen molar-refractivity contribution in [1.29, 1.82) is 0 Å². The molecule has 3 heteroatoms. The molecule has 90 valence electrons. The Balaban J connectivity index is 2.07. The average molecular weight is 251 g/mol. The van der Waals surface area contributed by atoms with E-state index in [0.717, 1.165) is 29.4 Å². The third-order valence-corrected chi connectivity index (χ3v) is 2.86. The second-order valence-electron chi connectivity index (χ2n) is 3.94. The highest BCUT2D eigenvalue weighted by atomic mass is 35.5. The lowest BCUT2D eigenvalue weighted by Crippen LogP contribution is -1.97. The fourth-order valence-corrected chi connectivity index (χ4v) is 1.88. The van der Waals surface area contributed by atoms with E-state index < -0.39 is 0 Å². The van der Waals surface area contributed by atoms with Crippen molar-refractivity contribution in [3.8, 4) is 11.5 Å². The highest BCUT2D eigenvalue weighted by Gasteiger charge is 1.98. The minimum Gasteiger partial charge on any atom is -0.508 e. The summed E-state index contributed by atoms with van der Waals surface area (Å²) in [4.78, 5) is 0. The van der Waals surface area contributed by atoms with E-state index in [-0.39, 0.29) is 5.75 Å². The Morgan fingerprint density at radius 3 is 2.59 bits per heavy atom. The van der Waals surface area contributed by atoms with E-state index in [9.17, 15) is 5.11 Å². The van der Waals surface area contributed by atoms with Crippen molar-refractivity contribution in [1.82, 2.24) is 0 Å². The van der Waals surface area contributed by atoms with Gasteiger partial charge in [-0.05, 0) is 47.9 Å². The summed E-state index contributed by atoms with van der Waals surface area (Å²) in [7, 11) is 0. The largest absolute Gasteiger partial charge is 0.508 e. The number of ether oxygens (including phenoxy) is 1. The first-order chi connectivity index (χ1) is 8.29. The Kier molecular flexibility index (Phi) is 4.10. The van der Waals surface area contributed by atoms with Crippen molar-refractivity contribution in [3.05, 3.63) is 36.4 Å². The summed E-state index contributed by atoms with van der Waals surface area (Å²) < 4.78 is 5.63. The number of hydrogen-bond donors (Lipinski definition) is 1.